The average Bonchev–Trinajstić information content (AvgIpc) is 3.66. The van der Waals surface area contributed by atoms with Crippen molar-refractivity contribution in [2.24, 2.45) is 5.73 Å². The minimum atomic E-state index is -1.42. The smallest absolute Gasteiger partial charge is 0.331 e. The van der Waals surface area contributed by atoms with Crippen molar-refractivity contribution in [3.05, 3.63) is 81.1 Å². The molecule has 51 heavy (non-hydrogen) atoms. The number of aromatic amines is 2. The predicted molar refractivity (Wildman–Crippen MR) is 181 cm³/mol. The van der Waals surface area contributed by atoms with Gasteiger partial charge in [0.05, 0.1) is 12.1 Å². The lowest BCUT2D eigenvalue weighted by Crippen LogP contribution is -2.61. The second-order valence-corrected chi connectivity index (χ2v) is 12.2. The number of H-pyrrole nitrogens is 2. The van der Waals surface area contributed by atoms with Crippen LogP contribution in [0.15, 0.2) is 64.3 Å². The Labute approximate surface area is 290 Å². The fourth-order valence-corrected chi connectivity index (χ4v) is 5.40. The molecule has 274 valence electrons. The van der Waals surface area contributed by atoms with Gasteiger partial charge in [0, 0.05) is 55.5 Å². The third-order valence-electron chi connectivity index (χ3n) is 8.37. The fourth-order valence-electron chi connectivity index (χ4n) is 5.40. The summed E-state index contributed by atoms with van der Waals surface area (Å²) in [5.74, 6) is -3.45. The molecule has 7 unspecified atom stereocenters. The molecule has 1 saturated heterocycles. The molecule has 3 heterocycles. The number of carbonyl (C=O) groups excluding carboxylic acids is 4. The number of likely N-dealkylation sites (N-methyl/N-ethyl adjacent to an activating group) is 1. The van der Waals surface area contributed by atoms with Crippen LogP contribution in [0.3, 0.4) is 0 Å². The van der Waals surface area contributed by atoms with Gasteiger partial charge in [-0.1, -0.05) is 18.2 Å². The van der Waals surface area contributed by atoms with Crippen molar-refractivity contribution in [1.29, 1.82) is 0 Å². The minimum Gasteiger partial charge on any atom is -0.480 e. The van der Waals surface area contributed by atoms with Crippen LogP contribution in [0.5, 0.6) is 0 Å². The van der Waals surface area contributed by atoms with Crippen LogP contribution >= 0.6 is 0 Å². The lowest BCUT2D eigenvalue weighted by atomic mass is 10.1. The Hall–Kier alpha value is -5.95. The molecule has 1 aromatic carbocycles. The molecule has 0 spiro atoms. The van der Waals surface area contributed by atoms with Crippen molar-refractivity contribution >= 4 is 40.6 Å². The SMILES string of the molecule is CC(N)C(=O)N(C)C(C)C(NC(=O)C(C)NC(=O)NC(Cc1c[nH]c2ccccc12)C(=O)O)C(=O)NC=C1CC(O)C(n2ccc(=O)[nH]c2=O)O1. The molecule has 0 saturated carbocycles. The number of nitrogens with zero attached hydrogens (tertiary/aromatic N) is 2. The highest BCUT2D eigenvalue weighted by molar-refractivity contribution is 5.93. The van der Waals surface area contributed by atoms with Crippen molar-refractivity contribution in [3.63, 3.8) is 0 Å². The molecule has 0 aliphatic carbocycles. The fraction of sp³-hybridized carbons (Fsp3) is 0.406. The van der Waals surface area contributed by atoms with Gasteiger partial charge in [-0.3, -0.25) is 28.7 Å². The zero-order valence-corrected chi connectivity index (χ0v) is 28.2. The van der Waals surface area contributed by atoms with Crippen LogP contribution in [-0.4, -0.2) is 103 Å². The summed E-state index contributed by atoms with van der Waals surface area (Å²) in [7, 11) is 1.39. The summed E-state index contributed by atoms with van der Waals surface area (Å²) in [4.78, 5) is 94.2. The van der Waals surface area contributed by atoms with Crippen LogP contribution in [-0.2, 0) is 30.3 Å². The van der Waals surface area contributed by atoms with E-state index in [9.17, 15) is 43.8 Å². The lowest BCUT2D eigenvalue weighted by molar-refractivity contribution is -0.139. The minimum absolute atomic E-state index is 0.0500. The summed E-state index contributed by atoms with van der Waals surface area (Å²) in [5.41, 5.74) is 5.74. The second-order valence-electron chi connectivity index (χ2n) is 12.2. The molecule has 5 amide bonds. The van der Waals surface area contributed by atoms with Crippen LogP contribution in [0.25, 0.3) is 10.9 Å². The summed E-state index contributed by atoms with van der Waals surface area (Å²) in [6.07, 6.45) is 1.32. The number of para-hydroxylation sites is 1. The van der Waals surface area contributed by atoms with Gasteiger partial charge in [0.25, 0.3) is 5.56 Å². The van der Waals surface area contributed by atoms with Crippen LogP contribution in [0.4, 0.5) is 4.79 Å². The first-order valence-electron chi connectivity index (χ1n) is 15.9. The van der Waals surface area contributed by atoms with E-state index in [1.807, 2.05) is 18.2 Å². The molecule has 19 heteroatoms. The van der Waals surface area contributed by atoms with Crippen LogP contribution in [0, 0.1) is 0 Å². The molecule has 0 radical (unpaired) electrons. The number of aromatic nitrogens is 3. The Morgan fingerprint density at radius 3 is 2.45 bits per heavy atom. The molecule has 1 aliphatic rings. The van der Waals surface area contributed by atoms with Gasteiger partial charge in [-0.25, -0.2) is 14.4 Å². The van der Waals surface area contributed by atoms with E-state index in [-0.39, 0.29) is 18.6 Å². The standard InChI is InChI=1S/C32H41N9O10/c1-15(33)28(46)40(4)17(3)25(27(45)35-14-19-12-23(42)29(51-19)41-10-9-24(43)38-32(41)50)39-26(44)16(2)36-31(49)37-22(30(47)48)11-18-13-34-21-8-6-5-7-20(18)21/h5-10,13-17,22-23,25,29,34,42H,11-12,33H2,1-4H3,(H,35,45)(H,39,44)(H,47,48)(H2,36,37,49)(H,38,43,50). The third kappa shape index (κ3) is 9.19. The zero-order chi connectivity index (χ0) is 37.6. The summed E-state index contributed by atoms with van der Waals surface area (Å²) < 4.78 is 6.60. The van der Waals surface area contributed by atoms with Gasteiger partial charge < -0.3 is 51.8 Å². The number of fused-ring (bicyclic) bond motifs is 1. The average molecular weight is 712 g/mol. The maximum atomic E-state index is 13.5. The van der Waals surface area contributed by atoms with E-state index in [2.05, 4.69) is 31.2 Å². The number of aliphatic hydroxyl groups excluding tert-OH is 1. The Morgan fingerprint density at radius 2 is 1.78 bits per heavy atom. The summed E-state index contributed by atoms with van der Waals surface area (Å²) in [5, 5.41) is 30.8. The van der Waals surface area contributed by atoms with E-state index in [0.717, 1.165) is 33.9 Å². The Morgan fingerprint density at radius 1 is 1.08 bits per heavy atom. The van der Waals surface area contributed by atoms with Crippen molar-refractivity contribution in [1.82, 2.24) is 40.7 Å². The molecule has 1 aliphatic heterocycles. The second kappa shape index (κ2) is 16.2. The van der Waals surface area contributed by atoms with E-state index in [4.69, 9.17) is 10.5 Å². The first kappa shape index (κ1) is 37.9. The number of carboxylic acid groups (broad SMARTS) is 1. The van der Waals surface area contributed by atoms with Crippen LogP contribution in [0.2, 0.25) is 0 Å². The summed E-state index contributed by atoms with van der Waals surface area (Å²) >= 11 is 0. The third-order valence-corrected chi connectivity index (χ3v) is 8.37. The van der Waals surface area contributed by atoms with Crippen molar-refractivity contribution in [3.8, 4) is 0 Å². The van der Waals surface area contributed by atoms with Gasteiger partial charge in [-0.2, -0.15) is 0 Å². The number of benzene rings is 1. The summed E-state index contributed by atoms with van der Waals surface area (Å²) in [6, 6.07) is 1.41. The number of hydrogen-bond donors (Lipinski definition) is 9. The molecule has 4 rings (SSSR count). The van der Waals surface area contributed by atoms with E-state index < -0.39 is 83.5 Å². The van der Waals surface area contributed by atoms with Crippen molar-refractivity contribution < 1.29 is 38.9 Å². The number of ether oxygens (including phenoxy) is 1. The van der Waals surface area contributed by atoms with Gasteiger partial charge in [-0.05, 0) is 32.4 Å². The predicted octanol–water partition coefficient (Wildman–Crippen LogP) is -1.68. The van der Waals surface area contributed by atoms with Crippen molar-refractivity contribution in [2.75, 3.05) is 7.05 Å². The number of aliphatic carboxylic acids is 1. The monoisotopic (exact) mass is 711 g/mol. The quantitative estimate of drug-likeness (QED) is 0.0965. The number of nitrogens with one attached hydrogen (secondary N) is 6. The number of rotatable bonds is 13. The van der Waals surface area contributed by atoms with Gasteiger partial charge in [0.2, 0.25) is 23.9 Å². The van der Waals surface area contributed by atoms with Gasteiger partial charge in [0.15, 0.2) is 0 Å². The Balaban J connectivity index is 1.44. The molecule has 19 nitrogen and oxygen atoms in total. The topological polar surface area (TPSA) is 283 Å². The van der Waals surface area contributed by atoms with E-state index >= 15 is 0 Å². The highest BCUT2D eigenvalue weighted by Crippen LogP contribution is 2.29. The van der Waals surface area contributed by atoms with Crippen molar-refractivity contribution in [2.45, 2.75) is 76.2 Å². The molecule has 2 aromatic heterocycles. The largest absolute Gasteiger partial charge is 0.480 e. The number of amides is 5. The van der Waals surface area contributed by atoms with E-state index in [1.54, 1.807) is 12.3 Å². The molecular formula is C32H41N9O10. The Kier molecular flexibility index (Phi) is 12.0. The molecular weight excluding hydrogens is 670 g/mol. The lowest BCUT2D eigenvalue weighted by Gasteiger charge is -2.33. The number of carboxylic acids is 1. The summed E-state index contributed by atoms with van der Waals surface area (Å²) in [6.45, 7) is 4.25. The molecule has 3 aromatic rings. The number of urea groups is 1. The van der Waals surface area contributed by atoms with Gasteiger partial charge in [-0.15, -0.1) is 0 Å². The molecule has 7 atom stereocenters. The normalized spacial score (nSPS) is 19.2. The number of nitrogens with two attached hydrogens (primary N) is 1. The van der Waals surface area contributed by atoms with Crippen LogP contribution in [0.1, 0.15) is 39.0 Å². The number of carbonyl (C=O) groups is 5. The van der Waals surface area contributed by atoms with E-state index in [1.165, 1.54) is 32.7 Å². The highest BCUT2D eigenvalue weighted by Gasteiger charge is 2.36. The number of hydrogen-bond acceptors (Lipinski definition) is 10. The Bertz CT molecular complexity index is 1930. The number of aliphatic hydroxyl groups is 1. The first-order valence-corrected chi connectivity index (χ1v) is 15.9. The maximum Gasteiger partial charge on any atom is 0.331 e. The van der Waals surface area contributed by atoms with Crippen LogP contribution < -0.4 is 38.2 Å². The first-order chi connectivity index (χ1) is 24.1. The van der Waals surface area contributed by atoms with Gasteiger partial charge >= 0.3 is 17.7 Å². The molecule has 10 N–H and O–H groups in total. The van der Waals surface area contributed by atoms with E-state index in [0.29, 0.717) is 5.56 Å². The highest BCUT2D eigenvalue weighted by atomic mass is 16.5. The molecule has 1 fully saturated rings. The maximum absolute atomic E-state index is 13.5. The zero-order valence-electron chi connectivity index (χ0n) is 28.2. The van der Waals surface area contributed by atoms with Gasteiger partial charge in [0.1, 0.15) is 30.0 Å². The molecule has 0 bridgehead atoms.